The van der Waals surface area contributed by atoms with E-state index in [2.05, 4.69) is 15.5 Å². The average Bonchev–Trinajstić information content (AvgIpc) is 3.04. The van der Waals surface area contributed by atoms with Gasteiger partial charge < -0.3 is 10.2 Å². The highest BCUT2D eigenvalue weighted by Crippen LogP contribution is 2.29. The van der Waals surface area contributed by atoms with E-state index in [4.69, 9.17) is 11.6 Å². The molecule has 0 radical (unpaired) electrons. The van der Waals surface area contributed by atoms with Crippen molar-refractivity contribution in [3.63, 3.8) is 0 Å². The maximum atomic E-state index is 12.2. The minimum Gasteiger partial charge on any atom is -0.508 e. The van der Waals surface area contributed by atoms with Crippen LogP contribution in [0.5, 0.6) is 11.5 Å². The molecule has 1 aromatic heterocycles. The molecule has 27 heavy (non-hydrogen) atoms. The summed E-state index contributed by atoms with van der Waals surface area (Å²) in [5, 5.41) is 24.4. The summed E-state index contributed by atoms with van der Waals surface area (Å²) in [4.78, 5) is 17.6. The van der Waals surface area contributed by atoms with Gasteiger partial charge in [0.15, 0.2) is 0 Å². The molecule has 3 rings (SSSR count). The Morgan fingerprint density at radius 3 is 2.59 bits per heavy atom. The largest absolute Gasteiger partial charge is 0.508 e. The molecule has 2 aromatic carbocycles. The van der Waals surface area contributed by atoms with Crippen LogP contribution in [0.25, 0.3) is 10.6 Å². The van der Waals surface area contributed by atoms with E-state index >= 15 is 0 Å². The Labute approximate surface area is 164 Å². The number of benzene rings is 2. The maximum Gasteiger partial charge on any atom is 0.275 e. The lowest BCUT2D eigenvalue weighted by molar-refractivity contribution is 0.0952. The van der Waals surface area contributed by atoms with E-state index in [-0.39, 0.29) is 17.1 Å². The third kappa shape index (κ3) is 4.27. The standard InChI is InChI=1S/C19H16ClN3O3S/c1-10-17(27-19(21-10)12-3-6-14(24)7-4-12)11(2)22-23-18(26)15-9-13(20)5-8-16(15)25/h3-9,24-25H,1-2H3,(H,23,26)/b22-11+. The first-order valence-electron chi connectivity index (χ1n) is 7.95. The van der Waals surface area contributed by atoms with Crippen LogP contribution in [0.4, 0.5) is 0 Å². The molecule has 0 aliphatic carbocycles. The van der Waals surface area contributed by atoms with Gasteiger partial charge in [-0.15, -0.1) is 11.3 Å². The number of amides is 1. The summed E-state index contributed by atoms with van der Waals surface area (Å²) in [5.74, 6) is -0.541. The predicted molar refractivity (Wildman–Crippen MR) is 107 cm³/mol. The SMILES string of the molecule is C/C(=N\NC(=O)c1cc(Cl)ccc1O)c1sc(-c2ccc(O)cc2)nc1C. The Kier molecular flexibility index (Phi) is 5.43. The molecule has 0 saturated carbocycles. The van der Waals surface area contributed by atoms with Crippen molar-refractivity contribution in [1.82, 2.24) is 10.4 Å². The second kappa shape index (κ2) is 7.77. The summed E-state index contributed by atoms with van der Waals surface area (Å²) in [6.45, 7) is 3.62. The highest BCUT2D eigenvalue weighted by Gasteiger charge is 2.14. The van der Waals surface area contributed by atoms with Gasteiger partial charge in [0, 0.05) is 10.6 Å². The van der Waals surface area contributed by atoms with Crippen LogP contribution in [0, 0.1) is 6.92 Å². The topological polar surface area (TPSA) is 94.8 Å². The van der Waals surface area contributed by atoms with Crippen LogP contribution in [0.1, 0.15) is 27.9 Å². The molecule has 0 unspecified atom stereocenters. The Morgan fingerprint density at radius 2 is 1.89 bits per heavy atom. The Morgan fingerprint density at radius 1 is 1.19 bits per heavy atom. The third-order valence-electron chi connectivity index (χ3n) is 3.77. The smallest absolute Gasteiger partial charge is 0.275 e. The molecule has 8 heteroatoms. The highest BCUT2D eigenvalue weighted by atomic mass is 35.5. The summed E-state index contributed by atoms with van der Waals surface area (Å²) >= 11 is 7.30. The van der Waals surface area contributed by atoms with E-state index in [1.54, 1.807) is 31.2 Å². The van der Waals surface area contributed by atoms with E-state index in [1.807, 2.05) is 6.92 Å². The van der Waals surface area contributed by atoms with Crippen molar-refractivity contribution in [2.75, 3.05) is 0 Å². The number of thiazole rings is 1. The van der Waals surface area contributed by atoms with Gasteiger partial charge >= 0.3 is 0 Å². The summed E-state index contributed by atoms with van der Waals surface area (Å²) in [6, 6.07) is 11.0. The fraction of sp³-hybridized carbons (Fsp3) is 0.105. The zero-order valence-corrected chi connectivity index (χ0v) is 16.1. The van der Waals surface area contributed by atoms with Gasteiger partial charge in [0.1, 0.15) is 16.5 Å². The minimum atomic E-state index is -0.560. The molecular formula is C19H16ClN3O3S. The monoisotopic (exact) mass is 401 g/mol. The molecule has 3 N–H and O–H groups in total. The molecule has 138 valence electrons. The minimum absolute atomic E-state index is 0.0462. The Balaban J connectivity index is 1.81. The number of carbonyl (C=O) groups excluding carboxylic acids is 1. The molecule has 0 fully saturated rings. The lowest BCUT2D eigenvalue weighted by Crippen LogP contribution is -2.19. The molecule has 6 nitrogen and oxygen atoms in total. The van der Waals surface area contributed by atoms with Crippen molar-refractivity contribution in [3.05, 3.63) is 63.6 Å². The van der Waals surface area contributed by atoms with E-state index in [0.717, 1.165) is 21.1 Å². The number of rotatable bonds is 4. The molecule has 0 aliphatic heterocycles. The number of aromatic hydroxyl groups is 2. The fourth-order valence-corrected chi connectivity index (χ4v) is 3.58. The number of carbonyl (C=O) groups is 1. The third-order valence-corrected chi connectivity index (χ3v) is 5.32. The second-order valence-corrected chi connectivity index (χ2v) is 7.22. The molecule has 1 amide bonds. The first-order valence-corrected chi connectivity index (χ1v) is 9.15. The molecule has 0 bridgehead atoms. The fourth-order valence-electron chi connectivity index (χ4n) is 2.40. The quantitative estimate of drug-likeness (QED) is 0.447. The van der Waals surface area contributed by atoms with Gasteiger partial charge in [-0.3, -0.25) is 4.79 Å². The van der Waals surface area contributed by atoms with Gasteiger partial charge in [-0.25, -0.2) is 10.4 Å². The maximum absolute atomic E-state index is 12.2. The lowest BCUT2D eigenvalue weighted by Gasteiger charge is -2.04. The van der Waals surface area contributed by atoms with Crippen LogP contribution in [-0.4, -0.2) is 26.8 Å². The number of hydrogen-bond donors (Lipinski definition) is 3. The molecular weight excluding hydrogens is 386 g/mol. The van der Waals surface area contributed by atoms with Gasteiger partial charge in [-0.05, 0) is 56.3 Å². The van der Waals surface area contributed by atoms with E-state index in [9.17, 15) is 15.0 Å². The normalized spacial score (nSPS) is 11.4. The first kappa shape index (κ1) is 18.9. The number of aromatic nitrogens is 1. The van der Waals surface area contributed by atoms with E-state index < -0.39 is 5.91 Å². The van der Waals surface area contributed by atoms with Gasteiger partial charge in [0.25, 0.3) is 5.91 Å². The van der Waals surface area contributed by atoms with Crippen LogP contribution >= 0.6 is 22.9 Å². The van der Waals surface area contributed by atoms with Gasteiger partial charge in [0.05, 0.1) is 21.8 Å². The predicted octanol–water partition coefficient (Wildman–Crippen LogP) is 4.34. The van der Waals surface area contributed by atoms with Crippen molar-refractivity contribution in [2.45, 2.75) is 13.8 Å². The second-order valence-electron chi connectivity index (χ2n) is 5.78. The number of phenolic OH excluding ortho intramolecular Hbond substituents is 2. The summed E-state index contributed by atoms with van der Waals surface area (Å²) in [5.41, 5.74) is 4.72. The average molecular weight is 402 g/mol. The first-order chi connectivity index (χ1) is 12.8. The van der Waals surface area contributed by atoms with Crippen molar-refractivity contribution < 1.29 is 15.0 Å². The summed E-state index contributed by atoms with van der Waals surface area (Å²) < 4.78 is 0. The number of halogens is 1. The summed E-state index contributed by atoms with van der Waals surface area (Å²) in [6.07, 6.45) is 0. The van der Waals surface area contributed by atoms with E-state index in [1.165, 1.54) is 29.5 Å². The van der Waals surface area contributed by atoms with Crippen LogP contribution in [-0.2, 0) is 0 Å². The Bertz CT molecular complexity index is 1030. The van der Waals surface area contributed by atoms with Crippen molar-refractivity contribution >= 4 is 34.6 Å². The van der Waals surface area contributed by atoms with Crippen molar-refractivity contribution in [1.29, 1.82) is 0 Å². The molecule has 3 aromatic rings. The van der Waals surface area contributed by atoms with Crippen LogP contribution < -0.4 is 5.43 Å². The molecule has 0 spiro atoms. The van der Waals surface area contributed by atoms with Gasteiger partial charge in [-0.1, -0.05) is 11.6 Å². The zero-order chi connectivity index (χ0) is 19.6. The van der Waals surface area contributed by atoms with Crippen LogP contribution in [0.15, 0.2) is 47.6 Å². The van der Waals surface area contributed by atoms with Gasteiger partial charge in [-0.2, -0.15) is 5.10 Å². The number of phenols is 2. The number of aryl methyl sites for hydroxylation is 1. The van der Waals surface area contributed by atoms with Crippen LogP contribution in [0.2, 0.25) is 5.02 Å². The molecule has 1 heterocycles. The number of nitrogens with zero attached hydrogens (tertiary/aromatic N) is 2. The number of nitrogens with one attached hydrogen (secondary N) is 1. The van der Waals surface area contributed by atoms with Crippen LogP contribution in [0.3, 0.4) is 0 Å². The summed E-state index contributed by atoms with van der Waals surface area (Å²) in [7, 11) is 0. The molecule has 0 saturated heterocycles. The Hall–Kier alpha value is -2.90. The van der Waals surface area contributed by atoms with Gasteiger partial charge in [0.2, 0.25) is 0 Å². The van der Waals surface area contributed by atoms with E-state index in [0.29, 0.717) is 10.7 Å². The highest BCUT2D eigenvalue weighted by molar-refractivity contribution is 7.17. The lowest BCUT2D eigenvalue weighted by atomic mass is 10.2. The van der Waals surface area contributed by atoms with Crippen molar-refractivity contribution in [2.24, 2.45) is 5.10 Å². The zero-order valence-electron chi connectivity index (χ0n) is 14.5. The van der Waals surface area contributed by atoms with Crippen molar-refractivity contribution in [3.8, 4) is 22.1 Å². The number of hydrogen-bond acceptors (Lipinski definition) is 6. The molecule has 0 atom stereocenters. The molecule has 0 aliphatic rings. The number of hydrazone groups is 1.